The molecule has 1 N–H and O–H groups in total. The molecule has 0 bridgehead atoms. The minimum atomic E-state index is -0.919. The molecule has 1 unspecified atom stereocenters. The number of nitrogens with zero attached hydrogens (tertiary/aromatic N) is 2. The number of rotatable bonds is 5. The zero-order valence-corrected chi connectivity index (χ0v) is 10.7. The molecule has 1 aliphatic rings. The Bertz CT molecular complexity index is 387. The maximum absolute atomic E-state index is 10.4. The van der Waals surface area contributed by atoms with E-state index in [0.717, 1.165) is 18.8 Å². The summed E-state index contributed by atoms with van der Waals surface area (Å²) in [7, 11) is 0. The van der Waals surface area contributed by atoms with Crippen LogP contribution in [0.25, 0.3) is 0 Å². The lowest BCUT2D eigenvalue weighted by molar-refractivity contribution is -0.169. The average molecular weight is 256 g/mol. The van der Waals surface area contributed by atoms with Crippen molar-refractivity contribution in [2.45, 2.75) is 25.5 Å². The largest absolute Gasteiger partial charge is 0.480 e. The number of likely N-dealkylation sites (tertiary alicyclic amines) is 1. The third-order valence-electron chi connectivity index (χ3n) is 3.05. The Kier molecular flexibility index (Phi) is 3.46. The van der Waals surface area contributed by atoms with E-state index < -0.39 is 5.97 Å². The molecule has 0 spiro atoms. The first-order valence-electron chi connectivity index (χ1n) is 5.48. The number of hydrogen-bond acceptors (Lipinski definition) is 5. The molecule has 2 heterocycles. The van der Waals surface area contributed by atoms with Gasteiger partial charge in [-0.05, 0) is 13.8 Å². The molecule has 2 rings (SSSR count). The number of aromatic nitrogens is 1. The topological polar surface area (TPSA) is 62.7 Å². The van der Waals surface area contributed by atoms with Crippen LogP contribution in [0, 0.1) is 0 Å². The number of ether oxygens (including phenoxy) is 1. The van der Waals surface area contributed by atoms with Gasteiger partial charge in [-0.3, -0.25) is 4.90 Å². The summed E-state index contributed by atoms with van der Waals surface area (Å²) >= 11 is 1.59. The van der Waals surface area contributed by atoms with Crippen LogP contribution in [0.3, 0.4) is 0 Å². The quantitative estimate of drug-likeness (QED) is 0.862. The Labute approximate surface area is 104 Å². The van der Waals surface area contributed by atoms with Gasteiger partial charge in [0.1, 0.15) is 6.61 Å². The van der Waals surface area contributed by atoms with Crippen LogP contribution in [0.1, 0.15) is 25.6 Å². The molecule has 6 heteroatoms. The van der Waals surface area contributed by atoms with Gasteiger partial charge in [-0.15, -0.1) is 11.3 Å². The highest BCUT2D eigenvalue weighted by Gasteiger charge is 2.42. The third-order valence-corrected chi connectivity index (χ3v) is 3.65. The minimum Gasteiger partial charge on any atom is -0.480 e. The van der Waals surface area contributed by atoms with Crippen molar-refractivity contribution in [1.29, 1.82) is 0 Å². The van der Waals surface area contributed by atoms with Crippen molar-refractivity contribution in [2.24, 2.45) is 0 Å². The van der Waals surface area contributed by atoms with Gasteiger partial charge in [0.25, 0.3) is 0 Å². The summed E-state index contributed by atoms with van der Waals surface area (Å²) in [5.74, 6) is -0.919. The van der Waals surface area contributed by atoms with Crippen molar-refractivity contribution in [3.63, 3.8) is 0 Å². The van der Waals surface area contributed by atoms with Gasteiger partial charge in [0.2, 0.25) is 0 Å². The molecule has 94 valence electrons. The van der Waals surface area contributed by atoms with Crippen LogP contribution in [0.15, 0.2) is 10.9 Å². The van der Waals surface area contributed by atoms with E-state index in [9.17, 15) is 4.79 Å². The van der Waals surface area contributed by atoms with Crippen molar-refractivity contribution < 1.29 is 14.6 Å². The average Bonchev–Trinajstić information content (AvgIpc) is 2.74. The number of hydrogen-bond donors (Lipinski definition) is 1. The van der Waals surface area contributed by atoms with Crippen LogP contribution < -0.4 is 0 Å². The van der Waals surface area contributed by atoms with Crippen molar-refractivity contribution in [2.75, 3.05) is 19.7 Å². The van der Waals surface area contributed by atoms with E-state index in [1.807, 2.05) is 17.8 Å². The predicted molar refractivity (Wildman–Crippen MR) is 64.1 cm³/mol. The molecule has 17 heavy (non-hydrogen) atoms. The fourth-order valence-corrected chi connectivity index (χ4v) is 2.67. The van der Waals surface area contributed by atoms with Gasteiger partial charge < -0.3 is 9.84 Å². The van der Waals surface area contributed by atoms with Crippen LogP contribution in [0.4, 0.5) is 0 Å². The van der Waals surface area contributed by atoms with Gasteiger partial charge >= 0.3 is 5.97 Å². The summed E-state index contributed by atoms with van der Waals surface area (Å²) in [5.41, 5.74) is 2.56. The molecule has 1 saturated heterocycles. The summed E-state index contributed by atoms with van der Waals surface area (Å²) < 4.78 is 5.37. The van der Waals surface area contributed by atoms with Crippen molar-refractivity contribution in [3.05, 3.63) is 16.6 Å². The number of carboxylic acid groups (broad SMARTS) is 1. The van der Waals surface area contributed by atoms with Crippen LogP contribution in [-0.4, -0.2) is 46.3 Å². The molecule has 1 fully saturated rings. The highest BCUT2D eigenvalue weighted by Crippen LogP contribution is 2.32. The van der Waals surface area contributed by atoms with E-state index in [-0.39, 0.29) is 18.2 Å². The maximum atomic E-state index is 10.4. The number of carbonyl (C=O) groups is 1. The molecule has 0 saturated carbocycles. The maximum Gasteiger partial charge on any atom is 0.329 e. The van der Waals surface area contributed by atoms with E-state index in [1.54, 1.807) is 11.3 Å². The van der Waals surface area contributed by atoms with Gasteiger partial charge in [0, 0.05) is 18.5 Å². The van der Waals surface area contributed by atoms with Gasteiger partial charge in [-0.2, -0.15) is 0 Å². The second-order valence-electron chi connectivity index (χ2n) is 4.63. The molecule has 1 aliphatic heterocycles. The van der Waals surface area contributed by atoms with Gasteiger partial charge in [0.05, 0.1) is 22.8 Å². The van der Waals surface area contributed by atoms with E-state index in [4.69, 9.17) is 9.84 Å². The van der Waals surface area contributed by atoms with Crippen molar-refractivity contribution in [3.8, 4) is 0 Å². The van der Waals surface area contributed by atoms with Gasteiger partial charge in [-0.25, -0.2) is 9.78 Å². The molecular weight excluding hydrogens is 240 g/mol. The monoisotopic (exact) mass is 256 g/mol. The molecule has 5 nitrogen and oxygen atoms in total. The minimum absolute atomic E-state index is 0.227. The molecule has 1 aromatic rings. The second kappa shape index (κ2) is 4.72. The van der Waals surface area contributed by atoms with E-state index in [0.29, 0.717) is 0 Å². The lowest BCUT2D eigenvalue weighted by atomic mass is 9.94. The summed E-state index contributed by atoms with van der Waals surface area (Å²) in [6, 6.07) is 0.266. The highest BCUT2D eigenvalue weighted by molar-refractivity contribution is 7.07. The first-order chi connectivity index (χ1) is 8.00. The second-order valence-corrected chi connectivity index (χ2v) is 5.35. The van der Waals surface area contributed by atoms with Crippen LogP contribution in [-0.2, 0) is 9.53 Å². The van der Waals surface area contributed by atoms with E-state index >= 15 is 0 Å². The smallest absolute Gasteiger partial charge is 0.329 e. The van der Waals surface area contributed by atoms with E-state index in [1.165, 1.54) is 0 Å². The third kappa shape index (κ3) is 2.83. The first kappa shape index (κ1) is 12.5. The fourth-order valence-electron chi connectivity index (χ4n) is 2.03. The molecular formula is C11H16N2O3S. The number of carboxylic acids is 1. The Morgan fingerprint density at radius 2 is 2.47 bits per heavy atom. The Hall–Kier alpha value is -0.980. The number of aliphatic carboxylic acids is 1. The van der Waals surface area contributed by atoms with E-state index in [2.05, 4.69) is 16.8 Å². The normalized spacial score (nSPS) is 20.8. The SMILES string of the molecule is CC(c1cscn1)N1CC(C)(OCC(=O)O)C1. The van der Waals surface area contributed by atoms with Crippen LogP contribution in [0.2, 0.25) is 0 Å². The lowest BCUT2D eigenvalue weighted by Gasteiger charge is -2.49. The standard InChI is InChI=1S/C11H16N2O3S/c1-8(9-4-17-7-12-9)13-5-11(2,6-13)16-3-10(14)15/h4,7-8H,3,5-6H2,1-2H3,(H,14,15). The molecule has 0 aliphatic carbocycles. The van der Waals surface area contributed by atoms with Crippen LogP contribution in [0.5, 0.6) is 0 Å². The zero-order valence-electron chi connectivity index (χ0n) is 9.92. The highest BCUT2D eigenvalue weighted by atomic mass is 32.1. The molecule has 0 aromatic carbocycles. The lowest BCUT2D eigenvalue weighted by Crippen LogP contribution is -2.62. The Morgan fingerprint density at radius 3 is 3.00 bits per heavy atom. The molecule has 0 radical (unpaired) electrons. The summed E-state index contributed by atoms with van der Waals surface area (Å²) in [5, 5.41) is 10.6. The van der Waals surface area contributed by atoms with Crippen molar-refractivity contribution in [1.82, 2.24) is 9.88 Å². The fraction of sp³-hybridized carbons (Fsp3) is 0.636. The van der Waals surface area contributed by atoms with Gasteiger partial charge in [-0.1, -0.05) is 0 Å². The summed E-state index contributed by atoms with van der Waals surface area (Å²) in [4.78, 5) is 17.0. The zero-order chi connectivity index (χ0) is 12.5. The molecule has 1 aromatic heterocycles. The number of thiazole rings is 1. The molecule has 0 amide bonds. The molecule has 1 atom stereocenters. The Morgan fingerprint density at radius 1 is 1.76 bits per heavy atom. The Balaban J connectivity index is 1.83. The summed E-state index contributed by atoms with van der Waals surface area (Å²) in [6.07, 6.45) is 0. The van der Waals surface area contributed by atoms with Crippen molar-refractivity contribution >= 4 is 17.3 Å². The first-order valence-corrected chi connectivity index (χ1v) is 6.42. The predicted octanol–water partition coefficient (Wildman–Crippen LogP) is 1.38. The summed E-state index contributed by atoms with van der Waals surface area (Å²) in [6.45, 7) is 5.32. The van der Waals surface area contributed by atoms with Gasteiger partial charge in [0.15, 0.2) is 0 Å². The van der Waals surface area contributed by atoms with Crippen LogP contribution >= 0.6 is 11.3 Å².